The molecule has 2 rings (SSSR count). The number of nitrogens with zero attached hydrogens (tertiary/aromatic N) is 1. The summed E-state index contributed by atoms with van der Waals surface area (Å²) in [6.45, 7) is 9.21. The van der Waals surface area contributed by atoms with Crippen molar-refractivity contribution in [1.82, 2.24) is 4.57 Å². The molecule has 1 aromatic heterocycles. The van der Waals surface area contributed by atoms with Crippen LogP contribution in [0.4, 0.5) is 0 Å². The van der Waals surface area contributed by atoms with Crippen molar-refractivity contribution in [1.29, 1.82) is 0 Å². The van der Waals surface area contributed by atoms with Gasteiger partial charge >= 0.3 is 0 Å². The van der Waals surface area contributed by atoms with Crippen molar-refractivity contribution < 1.29 is 9.90 Å². The van der Waals surface area contributed by atoms with E-state index in [4.69, 9.17) is 0 Å². The van der Waals surface area contributed by atoms with Gasteiger partial charge in [-0.2, -0.15) is 0 Å². The van der Waals surface area contributed by atoms with Crippen molar-refractivity contribution in [3.05, 3.63) is 48.4 Å². The Morgan fingerprint density at radius 2 is 1.75 bits per heavy atom. The molecule has 0 aliphatic heterocycles. The summed E-state index contributed by atoms with van der Waals surface area (Å²) in [4.78, 5) is 24.6. The monoisotopic (exact) mass is 345 g/mol. The van der Waals surface area contributed by atoms with E-state index in [0.29, 0.717) is 9.20 Å². The van der Waals surface area contributed by atoms with Gasteiger partial charge in [-0.3, -0.25) is 9.59 Å². The van der Waals surface area contributed by atoms with Crippen LogP contribution in [0.5, 0.6) is 5.75 Å². The number of phenolic OH excluding ortho intramolecular Hbond substituents is 1. The number of aryl methyl sites for hydroxylation is 2. The zero-order valence-corrected chi connectivity index (χ0v) is 15.7. The number of benzene rings is 1. The lowest BCUT2D eigenvalue weighted by Crippen LogP contribution is -2.30. The predicted molar refractivity (Wildman–Crippen MR) is 98.9 cm³/mol. The van der Waals surface area contributed by atoms with Gasteiger partial charge in [0.25, 0.3) is 5.56 Å². The first kappa shape index (κ1) is 18.2. The molecule has 5 heteroatoms. The number of hydrogen-bond donors (Lipinski definition) is 1. The fourth-order valence-corrected chi connectivity index (χ4v) is 3.29. The molecule has 0 bridgehead atoms. The SMILES string of the molecule is Cc1cc(/C=c2\s/c(=C\C(=O)C(C)(C)C)n(C)c2=O)cc(C)c1O. The minimum absolute atomic E-state index is 0.0118. The Bertz CT molecular complexity index is 949. The van der Waals surface area contributed by atoms with Gasteiger partial charge in [0, 0.05) is 18.5 Å². The van der Waals surface area contributed by atoms with E-state index in [9.17, 15) is 14.7 Å². The van der Waals surface area contributed by atoms with Crippen LogP contribution >= 0.6 is 11.3 Å². The van der Waals surface area contributed by atoms with Gasteiger partial charge in [-0.25, -0.2) is 0 Å². The fraction of sp³-hybridized carbons (Fsp3) is 0.368. The van der Waals surface area contributed by atoms with Crippen LogP contribution in [0.2, 0.25) is 0 Å². The van der Waals surface area contributed by atoms with Gasteiger partial charge in [-0.15, -0.1) is 11.3 Å². The van der Waals surface area contributed by atoms with Crippen LogP contribution in [-0.2, 0) is 11.8 Å². The van der Waals surface area contributed by atoms with E-state index in [-0.39, 0.29) is 17.1 Å². The third-order valence-corrected chi connectivity index (χ3v) is 4.98. The van der Waals surface area contributed by atoms with Crippen molar-refractivity contribution >= 4 is 29.3 Å². The van der Waals surface area contributed by atoms with Gasteiger partial charge in [0.2, 0.25) is 0 Å². The van der Waals surface area contributed by atoms with Gasteiger partial charge in [-0.05, 0) is 48.7 Å². The third kappa shape index (κ3) is 3.67. The second-order valence-corrected chi connectivity index (χ2v) is 8.14. The first-order valence-corrected chi connectivity index (χ1v) is 8.56. The second kappa shape index (κ2) is 6.40. The van der Waals surface area contributed by atoms with Gasteiger partial charge in [0.1, 0.15) is 10.4 Å². The van der Waals surface area contributed by atoms with Crippen LogP contribution in [0.1, 0.15) is 37.5 Å². The molecule has 0 radical (unpaired) electrons. The Kier molecular flexibility index (Phi) is 4.85. The Hall–Kier alpha value is -2.14. The smallest absolute Gasteiger partial charge is 0.268 e. The maximum atomic E-state index is 12.4. The zero-order valence-electron chi connectivity index (χ0n) is 14.9. The van der Waals surface area contributed by atoms with Crippen molar-refractivity contribution in [2.24, 2.45) is 12.5 Å². The van der Waals surface area contributed by atoms with Crippen LogP contribution < -0.4 is 14.8 Å². The standard InChI is InChI=1S/C19H23NO3S/c1-11-7-13(8-12(2)17(11)22)9-14-18(23)20(6)16(24-14)10-15(21)19(3,4)5/h7-10,22H,1-6H3/b14-9-,16-10-. The van der Waals surface area contributed by atoms with Crippen molar-refractivity contribution in [3.63, 3.8) is 0 Å². The number of Topliss-reactive ketones (excluding diaryl/α,β-unsaturated/α-hetero) is 1. The molecule has 0 fully saturated rings. The molecule has 1 aromatic carbocycles. The van der Waals surface area contributed by atoms with Crippen LogP contribution in [0.3, 0.4) is 0 Å². The molecule has 0 atom stereocenters. The maximum Gasteiger partial charge on any atom is 0.268 e. The third-order valence-electron chi connectivity index (χ3n) is 3.87. The molecule has 0 saturated heterocycles. The number of carbonyl (C=O) groups is 1. The van der Waals surface area contributed by atoms with Crippen LogP contribution in [0, 0.1) is 19.3 Å². The number of phenols is 1. The highest BCUT2D eigenvalue weighted by Gasteiger charge is 2.19. The van der Waals surface area contributed by atoms with Crippen LogP contribution in [0.25, 0.3) is 12.2 Å². The molecule has 0 aliphatic carbocycles. The molecule has 0 saturated carbocycles. The maximum absolute atomic E-state index is 12.4. The van der Waals surface area contributed by atoms with E-state index >= 15 is 0 Å². The molecule has 24 heavy (non-hydrogen) atoms. The summed E-state index contributed by atoms with van der Waals surface area (Å²) in [7, 11) is 1.67. The van der Waals surface area contributed by atoms with Crippen LogP contribution in [0.15, 0.2) is 16.9 Å². The highest BCUT2D eigenvalue weighted by atomic mass is 32.1. The lowest BCUT2D eigenvalue weighted by atomic mass is 9.91. The van der Waals surface area contributed by atoms with E-state index in [1.807, 2.05) is 46.8 Å². The first-order valence-electron chi connectivity index (χ1n) is 7.74. The molecular weight excluding hydrogens is 322 g/mol. The highest BCUT2D eigenvalue weighted by Crippen LogP contribution is 2.23. The summed E-state index contributed by atoms with van der Waals surface area (Å²) >= 11 is 1.30. The van der Waals surface area contributed by atoms with Crippen molar-refractivity contribution in [2.75, 3.05) is 0 Å². The summed E-state index contributed by atoms with van der Waals surface area (Å²) in [5.74, 6) is 0.262. The lowest BCUT2D eigenvalue weighted by Gasteiger charge is -2.12. The lowest BCUT2D eigenvalue weighted by molar-refractivity contribution is -0.120. The average molecular weight is 345 g/mol. The summed E-state index contributed by atoms with van der Waals surface area (Å²) in [5, 5.41) is 9.86. The van der Waals surface area contributed by atoms with Gasteiger partial charge < -0.3 is 9.67 Å². The number of ketones is 1. The number of hydrogen-bond acceptors (Lipinski definition) is 4. The Balaban J connectivity index is 2.63. The molecule has 1 heterocycles. The van der Waals surface area contributed by atoms with E-state index < -0.39 is 5.41 Å². The molecule has 4 nitrogen and oxygen atoms in total. The van der Waals surface area contributed by atoms with Gasteiger partial charge in [-0.1, -0.05) is 20.8 Å². The topological polar surface area (TPSA) is 59.3 Å². The highest BCUT2D eigenvalue weighted by molar-refractivity contribution is 7.07. The van der Waals surface area contributed by atoms with Gasteiger partial charge in [0.15, 0.2) is 5.78 Å². The predicted octanol–water partition coefficient (Wildman–Crippen LogP) is 1.99. The molecule has 0 amide bonds. The van der Waals surface area contributed by atoms with Gasteiger partial charge in [0.05, 0.1) is 4.53 Å². The van der Waals surface area contributed by atoms with E-state index in [1.165, 1.54) is 22.0 Å². The Morgan fingerprint density at radius 1 is 1.21 bits per heavy atom. The molecular formula is C19H23NO3S. The first-order chi connectivity index (χ1) is 11.0. The number of aromatic hydroxyl groups is 1. The average Bonchev–Trinajstić information content (AvgIpc) is 2.72. The van der Waals surface area contributed by atoms with Crippen molar-refractivity contribution in [2.45, 2.75) is 34.6 Å². The van der Waals surface area contributed by atoms with E-state index in [0.717, 1.165) is 16.7 Å². The quantitative estimate of drug-likeness (QED) is 0.906. The summed E-state index contributed by atoms with van der Waals surface area (Å²) < 4.78 is 2.70. The summed E-state index contributed by atoms with van der Waals surface area (Å²) in [6, 6.07) is 3.68. The molecule has 1 N–H and O–H groups in total. The molecule has 0 spiro atoms. The number of aromatic nitrogens is 1. The molecule has 128 valence electrons. The van der Waals surface area contributed by atoms with Crippen molar-refractivity contribution in [3.8, 4) is 5.75 Å². The summed E-state index contributed by atoms with van der Waals surface area (Å²) in [5.41, 5.74) is 1.79. The minimum atomic E-state index is -0.477. The molecule has 0 unspecified atom stereocenters. The number of rotatable bonds is 2. The number of carbonyl (C=O) groups excluding carboxylic acids is 1. The Morgan fingerprint density at radius 3 is 2.25 bits per heavy atom. The fourth-order valence-electron chi connectivity index (χ4n) is 2.26. The molecule has 2 aromatic rings. The van der Waals surface area contributed by atoms with Crippen LogP contribution in [-0.4, -0.2) is 15.5 Å². The Labute approximate surface area is 145 Å². The zero-order chi connectivity index (χ0) is 18.2. The number of thiazole rings is 1. The van der Waals surface area contributed by atoms with E-state index in [2.05, 4.69) is 0 Å². The minimum Gasteiger partial charge on any atom is -0.507 e. The second-order valence-electron chi connectivity index (χ2n) is 7.07. The summed E-state index contributed by atoms with van der Waals surface area (Å²) in [6.07, 6.45) is 3.34. The normalized spacial score (nSPS) is 13.6. The van der Waals surface area contributed by atoms with E-state index in [1.54, 1.807) is 13.1 Å². The largest absolute Gasteiger partial charge is 0.507 e. The molecule has 0 aliphatic rings.